The zero-order valence-electron chi connectivity index (χ0n) is 12.4. The van der Waals surface area contributed by atoms with E-state index in [2.05, 4.69) is 20.4 Å². The lowest BCUT2D eigenvalue weighted by molar-refractivity contribution is 0.306. The molecule has 0 saturated heterocycles. The van der Waals surface area contributed by atoms with E-state index in [4.69, 9.17) is 4.74 Å². The molecule has 0 spiro atoms. The smallest absolute Gasteiger partial charge is 0.278 e. The highest BCUT2D eigenvalue weighted by Crippen LogP contribution is 2.18. The Morgan fingerprint density at radius 3 is 2.58 bits per heavy atom. The Morgan fingerprint density at radius 2 is 1.75 bits per heavy atom. The van der Waals surface area contributed by atoms with Gasteiger partial charge in [0.1, 0.15) is 12.4 Å². The van der Waals surface area contributed by atoms with E-state index in [0.717, 1.165) is 5.56 Å². The van der Waals surface area contributed by atoms with Crippen LogP contribution in [0.1, 0.15) is 5.56 Å². The monoisotopic (exact) mass is 320 g/mol. The van der Waals surface area contributed by atoms with E-state index >= 15 is 0 Å². The molecule has 24 heavy (non-hydrogen) atoms. The lowest BCUT2D eigenvalue weighted by atomic mass is 10.2. The molecule has 2 aromatic heterocycles. The molecule has 0 aliphatic heterocycles. The van der Waals surface area contributed by atoms with Gasteiger partial charge in [-0.15, -0.1) is 0 Å². The first kappa shape index (κ1) is 14.1. The maximum Gasteiger partial charge on any atom is 0.278 e. The molecule has 118 valence electrons. The molecular weight excluding hydrogens is 308 g/mol. The first-order chi connectivity index (χ1) is 11.7. The topological polar surface area (TPSA) is 101 Å². The number of rotatable bonds is 3. The lowest BCUT2D eigenvalue weighted by Crippen LogP contribution is -2.03. The minimum Gasteiger partial charge on any atom is -0.489 e. The van der Waals surface area contributed by atoms with Crippen molar-refractivity contribution in [2.75, 3.05) is 0 Å². The van der Waals surface area contributed by atoms with Crippen LogP contribution in [0.4, 0.5) is 0 Å². The van der Waals surface area contributed by atoms with Gasteiger partial charge in [-0.2, -0.15) is 15.4 Å². The average Bonchev–Trinajstić information content (AvgIpc) is 3.07. The van der Waals surface area contributed by atoms with Gasteiger partial charge in [0.25, 0.3) is 5.56 Å². The molecule has 0 saturated carbocycles. The Kier molecular flexibility index (Phi) is 3.31. The van der Waals surface area contributed by atoms with Crippen LogP contribution < -0.4 is 15.7 Å². The second-order valence-corrected chi connectivity index (χ2v) is 5.29. The van der Waals surface area contributed by atoms with Gasteiger partial charge >= 0.3 is 0 Å². The number of H-pyrrole nitrogens is 2. The fraction of sp³-hybridized carbons (Fsp3) is 0.0588. The van der Waals surface area contributed by atoms with Crippen molar-refractivity contribution in [2.24, 2.45) is 0 Å². The molecule has 0 amide bonds. The van der Waals surface area contributed by atoms with Gasteiger partial charge in [0.15, 0.2) is 11.0 Å². The van der Waals surface area contributed by atoms with Gasteiger partial charge in [-0.25, -0.2) is 0 Å². The number of hydrogen-bond donors (Lipinski definition) is 2. The van der Waals surface area contributed by atoms with Crippen LogP contribution in [0.25, 0.3) is 21.9 Å². The van der Waals surface area contributed by atoms with Crippen molar-refractivity contribution in [3.63, 3.8) is 0 Å². The predicted molar refractivity (Wildman–Crippen MR) is 89.1 cm³/mol. The summed E-state index contributed by atoms with van der Waals surface area (Å²) in [6, 6.07) is 14.6. The van der Waals surface area contributed by atoms with E-state index in [1.165, 1.54) is 0 Å². The fourth-order valence-electron chi connectivity index (χ4n) is 2.51. The Morgan fingerprint density at radius 1 is 0.958 bits per heavy atom. The van der Waals surface area contributed by atoms with E-state index in [9.17, 15) is 9.59 Å². The van der Waals surface area contributed by atoms with Gasteiger partial charge in [-0.05, 0) is 17.7 Å². The van der Waals surface area contributed by atoms with Crippen LogP contribution in [0.2, 0.25) is 0 Å². The lowest BCUT2D eigenvalue weighted by Gasteiger charge is -2.06. The minimum absolute atomic E-state index is 0.0112. The first-order valence-corrected chi connectivity index (χ1v) is 7.30. The van der Waals surface area contributed by atoms with Crippen LogP contribution in [-0.2, 0) is 6.61 Å². The molecule has 4 aromatic rings. The number of benzene rings is 2. The summed E-state index contributed by atoms with van der Waals surface area (Å²) >= 11 is 0. The van der Waals surface area contributed by atoms with Gasteiger partial charge in [-0.1, -0.05) is 30.3 Å². The Labute approximate surface area is 134 Å². The first-order valence-electron chi connectivity index (χ1n) is 7.30. The van der Waals surface area contributed by atoms with E-state index in [-0.39, 0.29) is 16.5 Å². The molecule has 0 radical (unpaired) electrons. The van der Waals surface area contributed by atoms with Gasteiger partial charge in [0, 0.05) is 11.5 Å². The number of nitrogens with zero attached hydrogens (tertiary/aromatic N) is 2. The number of hydrogen-bond acceptors (Lipinski definition) is 5. The SMILES string of the molecule is O=c1[nH]c2cc(OCc3ccccc3)ccc2c(=O)c2n[nH]nc12. The number of ether oxygens (including phenoxy) is 1. The van der Waals surface area contributed by atoms with Crippen molar-refractivity contribution in [3.05, 3.63) is 74.7 Å². The van der Waals surface area contributed by atoms with Gasteiger partial charge in [0.2, 0.25) is 5.43 Å². The highest BCUT2D eigenvalue weighted by Gasteiger charge is 2.10. The van der Waals surface area contributed by atoms with Crippen molar-refractivity contribution < 1.29 is 4.74 Å². The van der Waals surface area contributed by atoms with Crippen LogP contribution in [0.5, 0.6) is 5.75 Å². The zero-order chi connectivity index (χ0) is 16.5. The van der Waals surface area contributed by atoms with Crippen LogP contribution in [-0.4, -0.2) is 20.4 Å². The summed E-state index contributed by atoms with van der Waals surface area (Å²) in [5.74, 6) is 0.555. The third kappa shape index (κ3) is 2.41. The van der Waals surface area contributed by atoms with Gasteiger partial charge in [-0.3, -0.25) is 9.59 Å². The molecule has 0 unspecified atom stereocenters. The second kappa shape index (κ2) is 5.62. The number of fused-ring (bicyclic) bond motifs is 2. The number of nitrogens with one attached hydrogen (secondary N) is 2. The average molecular weight is 320 g/mol. The summed E-state index contributed by atoms with van der Waals surface area (Å²) in [6.07, 6.45) is 0. The fourth-order valence-corrected chi connectivity index (χ4v) is 2.51. The summed E-state index contributed by atoms with van der Waals surface area (Å²) < 4.78 is 5.73. The maximum absolute atomic E-state index is 12.5. The highest BCUT2D eigenvalue weighted by atomic mass is 16.5. The molecule has 0 bridgehead atoms. The van der Waals surface area contributed by atoms with Crippen LogP contribution in [0, 0.1) is 0 Å². The molecule has 7 nitrogen and oxygen atoms in total. The normalized spacial score (nSPS) is 11.0. The quantitative estimate of drug-likeness (QED) is 0.599. The van der Waals surface area contributed by atoms with Crippen molar-refractivity contribution in [2.45, 2.75) is 6.61 Å². The van der Waals surface area contributed by atoms with Crippen LogP contribution in [0.15, 0.2) is 58.1 Å². The largest absolute Gasteiger partial charge is 0.489 e. The summed E-state index contributed by atoms with van der Waals surface area (Å²) in [4.78, 5) is 27.3. The van der Waals surface area contributed by atoms with Gasteiger partial charge < -0.3 is 9.72 Å². The predicted octanol–water partition coefficient (Wildman–Crippen LogP) is 1.74. The Hall–Kier alpha value is -3.48. The summed E-state index contributed by atoms with van der Waals surface area (Å²) in [6.45, 7) is 0.394. The number of aromatic amines is 2. The van der Waals surface area contributed by atoms with E-state index < -0.39 is 5.56 Å². The van der Waals surface area contributed by atoms with Crippen molar-refractivity contribution >= 4 is 21.9 Å². The van der Waals surface area contributed by atoms with Gasteiger partial charge in [0.05, 0.1) is 5.52 Å². The molecule has 2 heterocycles. The molecule has 0 fully saturated rings. The van der Waals surface area contributed by atoms with E-state index in [0.29, 0.717) is 23.3 Å². The summed E-state index contributed by atoms with van der Waals surface area (Å²) in [7, 11) is 0. The van der Waals surface area contributed by atoms with E-state index in [1.54, 1.807) is 18.2 Å². The minimum atomic E-state index is -0.481. The third-order valence-electron chi connectivity index (χ3n) is 3.71. The molecule has 0 aliphatic carbocycles. The molecular formula is C17H12N4O3. The third-order valence-corrected chi connectivity index (χ3v) is 3.71. The van der Waals surface area contributed by atoms with Crippen molar-refractivity contribution in [1.82, 2.24) is 20.4 Å². The second-order valence-electron chi connectivity index (χ2n) is 5.29. The number of aromatic nitrogens is 4. The van der Waals surface area contributed by atoms with Crippen molar-refractivity contribution in [3.8, 4) is 5.75 Å². The Bertz CT molecular complexity index is 1150. The van der Waals surface area contributed by atoms with Crippen LogP contribution in [0.3, 0.4) is 0 Å². The highest BCUT2D eigenvalue weighted by molar-refractivity contribution is 5.87. The molecule has 2 N–H and O–H groups in total. The summed E-state index contributed by atoms with van der Waals surface area (Å²) in [5.41, 5.74) is 0.576. The van der Waals surface area contributed by atoms with Crippen LogP contribution >= 0.6 is 0 Å². The molecule has 0 atom stereocenters. The molecule has 0 aliphatic rings. The van der Waals surface area contributed by atoms with Crippen molar-refractivity contribution in [1.29, 1.82) is 0 Å². The molecule has 4 rings (SSSR count). The zero-order valence-corrected chi connectivity index (χ0v) is 12.4. The maximum atomic E-state index is 12.5. The standard InChI is InChI=1S/C17H12N4O3/c22-16-12-7-6-11(24-9-10-4-2-1-3-5-10)8-13(12)18-17(23)15-14(16)19-21-20-15/h1-8H,9H2,(H,18,23)(H,19,20,21). The Balaban J connectivity index is 1.79. The molecule has 2 aromatic carbocycles. The van der Waals surface area contributed by atoms with E-state index in [1.807, 2.05) is 30.3 Å². The molecule has 7 heteroatoms. The summed E-state index contributed by atoms with van der Waals surface area (Å²) in [5, 5.41) is 10.2.